The molecule has 1 heterocycles. The van der Waals surface area contributed by atoms with Crippen LogP contribution in [0.4, 0.5) is 0 Å². The third-order valence-electron chi connectivity index (χ3n) is 13.4. The fourth-order valence-electron chi connectivity index (χ4n) is 11.2. The Hall–Kier alpha value is -1.12. The average molecular weight is 453 g/mol. The van der Waals surface area contributed by atoms with E-state index in [4.69, 9.17) is 4.74 Å². The van der Waals surface area contributed by atoms with Gasteiger partial charge >= 0.3 is 5.97 Å². The van der Waals surface area contributed by atoms with Gasteiger partial charge in [0.15, 0.2) is 0 Å². The minimum Gasteiger partial charge on any atom is -0.462 e. The Morgan fingerprint density at radius 1 is 0.909 bits per heavy atom. The minimum absolute atomic E-state index is 0.0625. The minimum atomic E-state index is -0.195. The molecule has 0 aromatic rings. The van der Waals surface area contributed by atoms with E-state index in [1.165, 1.54) is 19.3 Å². The van der Waals surface area contributed by atoms with E-state index in [1.54, 1.807) is 5.57 Å². The summed E-state index contributed by atoms with van der Waals surface area (Å²) in [5.74, 6) is 2.57. The van der Waals surface area contributed by atoms with E-state index in [9.17, 15) is 9.59 Å². The number of ketones is 1. The lowest BCUT2D eigenvalue weighted by atomic mass is 9.33. The van der Waals surface area contributed by atoms with Crippen LogP contribution in [0.15, 0.2) is 11.6 Å². The number of carbonyl (C=O) groups excluding carboxylic acids is 2. The van der Waals surface area contributed by atoms with Crippen molar-refractivity contribution < 1.29 is 14.3 Å². The van der Waals surface area contributed by atoms with Crippen molar-refractivity contribution in [3.63, 3.8) is 0 Å². The summed E-state index contributed by atoms with van der Waals surface area (Å²) in [5, 5.41) is 0. The Labute approximate surface area is 200 Å². The molecule has 0 aromatic heterocycles. The highest BCUT2D eigenvalue weighted by Crippen LogP contribution is 2.76. The second-order valence-electron chi connectivity index (χ2n) is 14.5. The van der Waals surface area contributed by atoms with E-state index >= 15 is 0 Å². The molecule has 0 spiro atoms. The van der Waals surface area contributed by atoms with Gasteiger partial charge in [-0.15, -0.1) is 0 Å². The average Bonchev–Trinajstić information content (AvgIpc) is 3.11. The molecule has 5 aliphatic carbocycles. The predicted molar refractivity (Wildman–Crippen MR) is 129 cm³/mol. The third-order valence-corrected chi connectivity index (χ3v) is 13.4. The van der Waals surface area contributed by atoms with Crippen LogP contribution in [0.5, 0.6) is 0 Å². The van der Waals surface area contributed by atoms with Crippen LogP contribution in [-0.2, 0) is 14.3 Å². The van der Waals surface area contributed by atoms with Crippen LogP contribution >= 0.6 is 0 Å². The smallest absolute Gasteiger partial charge is 0.309 e. The van der Waals surface area contributed by atoms with Crippen LogP contribution in [0, 0.1) is 56.7 Å². The van der Waals surface area contributed by atoms with Gasteiger partial charge in [-0.2, -0.15) is 0 Å². The number of hydrogen-bond acceptors (Lipinski definition) is 3. The predicted octanol–water partition coefficient (Wildman–Crippen LogP) is 6.75. The van der Waals surface area contributed by atoms with Gasteiger partial charge in [0.05, 0.1) is 5.92 Å². The SMILES string of the molecule is CC1C2CC(OC2=O)C2(C)CCC3(C)C(=CCC4C5(C)CCC(=O)C(C)(C)C5CCC43C)C12. The fraction of sp³-hybridized carbons (Fsp3) is 0.867. The lowest BCUT2D eigenvalue weighted by Gasteiger charge is -2.70. The topological polar surface area (TPSA) is 43.4 Å². The molecular weight excluding hydrogens is 408 g/mol. The van der Waals surface area contributed by atoms with Gasteiger partial charge in [0.2, 0.25) is 0 Å². The van der Waals surface area contributed by atoms with E-state index in [-0.39, 0.29) is 45.1 Å². The van der Waals surface area contributed by atoms with Gasteiger partial charge < -0.3 is 4.74 Å². The van der Waals surface area contributed by atoms with Crippen LogP contribution in [0.1, 0.15) is 99.8 Å². The van der Waals surface area contributed by atoms with Gasteiger partial charge in [0, 0.05) is 17.3 Å². The molecule has 1 saturated heterocycles. The first kappa shape index (κ1) is 22.4. The summed E-state index contributed by atoms with van der Waals surface area (Å²) in [7, 11) is 0. The van der Waals surface area contributed by atoms with E-state index in [0.717, 1.165) is 32.1 Å². The lowest BCUT2D eigenvalue weighted by Crippen LogP contribution is -2.65. The molecule has 0 radical (unpaired) electrons. The highest BCUT2D eigenvalue weighted by atomic mass is 16.6. The maximum atomic E-state index is 12.9. The van der Waals surface area contributed by atoms with Gasteiger partial charge in [0.25, 0.3) is 0 Å². The zero-order valence-electron chi connectivity index (χ0n) is 21.9. The van der Waals surface area contributed by atoms with Gasteiger partial charge in [-0.25, -0.2) is 0 Å². The molecule has 1 aliphatic heterocycles. The molecule has 0 N–H and O–H groups in total. The first-order chi connectivity index (χ1) is 15.3. The Morgan fingerprint density at radius 3 is 2.36 bits per heavy atom. The van der Waals surface area contributed by atoms with Crippen molar-refractivity contribution in [2.45, 2.75) is 106 Å². The molecular formula is C30H44O3. The summed E-state index contributed by atoms with van der Waals surface area (Å²) in [6.07, 6.45) is 11.4. The third kappa shape index (κ3) is 2.39. The number of esters is 1. The van der Waals surface area contributed by atoms with Gasteiger partial charge in [-0.1, -0.05) is 60.1 Å². The zero-order valence-corrected chi connectivity index (χ0v) is 21.9. The van der Waals surface area contributed by atoms with Crippen LogP contribution in [-0.4, -0.2) is 17.9 Å². The van der Waals surface area contributed by atoms with Crippen LogP contribution < -0.4 is 0 Å². The first-order valence-electron chi connectivity index (χ1n) is 13.7. The Kier molecular flexibility index (Phi) is 4.30. The van der Waals surface area contributed by atoms with Crippen molar-refractivity contribution in [3.05, 3.63) is 11.6 Å². The molecule has 6 aliphatic rings. The first-order valence-corrected chi connectivity index (χ1v) is 13.7. The van der Waals surface area contributed by atoms with Crippen LogP contribution in [0.2, 0.25) is 0 Å². The maximum Gasteiger partial charge on any atom is 0.309 e. The molecule has 33 heavy (non-hydrogen) atoms. The maximum absolute atomic E-state index is 12.9. The Morgan fingerprint density at radius 2 is 1.64 bits per heavy atom. The number of ether oxygens (including phenoxy) is 1. The molecule has 4 saturated carbocycles. The fourth-order valence-corrected chi connectivity index (χ4v) is 11.2. The highest BCUT2D eigenvalue weighted by molar-refractivity contribution is 5.85. The van der Waals surface area contributed by atoms with E-state index in [1.807, 2.05) is 0 Å². The largest absolute Gasteiger partial charge is 0.462 e. The highest BCUT2D eigenvalue weighted by Gasteiger charge is 2.70. The second kappa shape index (κ2) is 6.35. The number of hydrogen-bond donors (Lipinski definition) is 0. The quantitative estimate of drug-likeness (QED) is 0.302. The number of carbonyl (C=O) groups is 2. The van der Waals surface area contributed by atoms with Crippen molar-refractivity contribution in [2.24, 2.45) is 56.7 Å². The van der Waals surface area contributed by atoms with Crippen molar-refractivity contribution >= 4 is 11.8 Å². The normalized spacial score (nSPS) is 56.6. The van der Waals surface area contributed by atoms with Crippen molar-refractivity contribution in [1.29, 1.82) is 0 Å². The van der Waals surface area contributed by atoms with Crippen molar-refractivity contribution in [1.82, 2.24) is 0 Å². The molecule has 6 rings (SSSR count). The molecule has 0 aromatic carbocycles. The van der Waals surface area contributed by atoms with E-state index in [0.29, 0.717) is 29.5 Å². The van der Waals surface area contributed by atoms with E-state index < -0.39 is 0 Å². The molecule has 0 amide bonds. The molecule has 5 fully saturated rings. The Bertz CT molecular complexity index is 962. The summed E-state index contributed by atoms with van der Waals surface area (Å²) >= 11 is 0. The number of Topliss-reactive ketones (excluding diaryl/α,β-unsaturated/α-hetero) is 1. The van der Waals surface area contributed by atoms with Crippen LogP contribution in [0.3, 0.4) is 0 Å². The summed E-state index contributed by atoms with van der Waals surface area (Å²) in [6.45, 7) is 17.0. The second-order valence-corrected chi connectivity index (χ2v) is 14.5. The number of rotatable bonds is 0. The van der Waals surface area contributed by atoms with Crippen molar-refractivity contribution in [3.8, 4) is 0 Å². The van der Waals surface area contributed by atoms with E-state index in [2.05, 4.69) is 54.5 Å². The monoisotopic (exact) mass is 452 g/mol. The molecule has 10 unspecified atom stereocenters. The van der Waals surface area contributed by atoms with Gasteiger partial charge in [0.1, 0.15) is 11.9 Å². The summed E-state index contributed by atoms with van der Waals surface area (Å²) in [5.41, 5.74) is 2.21. The summed E-state index contributed by atoms with van der Waals surface area (Å²) in [6, 6.07) is 0. The number of fused-ring (bicyclic) bond motifs is 10. The van der Waals surface area contributed by atoms with Gasteiger partial charge in [-0.3, -0.25) is 9.59 Å². The molecule has 3 nitrogen and oxygen atoms in total. The summed E-state index contributed by atoms with van der Waals surface area (Å²) in [4.78, 5) is 25.6. The van der Waals surface area contributed by atoms with Crippen molar-refractivity contribution in [2.75, 3.05) is 0 Å². The molecule has 3 heteroatoms. The molecule has 10 atom stereocenters. The summed E-state index contributed by atoms with van der Waals surface area (Å²) < 4.78 is 5.99. The Balaban J connectivity index is 1.45. The van der Waals surface area contributed by atoms with Crippen LogP contribution in [0.25, 0.3) is 0 Å². The number of allylic oxidation sites excluding steroid dienone is 2. The van der Waals surface area contributed by atoms with Gasteiger partial charge in [-0.05, 0) is 84.9 Å². The molecule has 2 bridgehead atoms. The standard InChI is InChI=1S/C30H44O3/c1-17-18-16-23(33-25(18)32)28(5)14-15-29(6)19(24(17)28)8-9-21-27(4)12-11-22(31)26(2,3)20(27)10-13-30(21,29)7/h8,17-18,20-21,23-24H,9-16H2,1-7H3. The molecule has 182 valence electrons. The lowest BCUT2D eigenvalue weighted by molar-refractivity contribution is -0.187. The zero-order chi connectivity index (χ0) is 23.8.